The van der Waals surface area contributed by atoms with Gasteiger partial charge in [-0.1, -0.05) is 38.1 Å². The van der Waals surface area contributed by atoms with Crippen molar-refractivity contribution in [2.75, 3.05) is 0 Å². The fourth-order valence-electron chi connectivity index (χ4n) is 4.77. The Morgan fingerprint density at radius 3 is 2.20 bits per heavy atom. The molecule has 4 nitrogen and oxygen atoms in total. The summed E-state index contributed by atoms with van der Waals surface area (Å²) in [4.78, 5) is 24.4. The molecule has 1 aromatic carbocycles. The van der Waals surface area contributed by atoms with Gasteiger partial charge in [-0.25, -0.2) is 0 Å². The number of aliphatic carboxylic acids is 1. The molecule has 3 rings (SSSR count). The van der Waals surface area contributed by atoms with E-state index < -0.39 is 11.9 Å². The molecule has 2 saturated carbocycles. The van der Waals surface area contributed by atoms with Gasteiger partial charge in [0.2, 0.25) is 5.91 Å². The SMILES string of the molecule is CC[C@H](C)c1ccc([C@H](C)NC(=O)[C@@H]2[C@H]3CC[C@@H](C3)[C@H]2C(=O)O)cc1. The van der Waals surface area contributed by atoms with Gasteiger partial charge in [-0.2, -0.15) is 0 Å². The van der Waals surface area contributed by atoms with Crippen LogP contribution in [0.4, 0.5) is 0 Å². The van der Waals surface area contributed by atoms with Crippen LogP contribution < -0.4 is 5.32 Å². The van der Waals surface area contributed by atoms with Gasteiger partial charge in [-0.15, -0.1) is 0 Å². The van der Waals surface area contributed by atoms with Crippen molar-refractivity contribution in [2.45, 2.75) is 58.4 Å². The second kappa shape index (κ2) is 7.19. The number of hydrogen-bond acceptors (Lipinski definition) is 2. The molecule has 2 fully saturated rings. The number of amides is 1. The summed E-state index contributed by atoms with van der Waals surface area (Å²) in [6, 6.07) is 8.30. The van der Waals surface area contributed by atoms with Gasteiger partial charge in [0.1, 0.15) is 0 Å². The molecule has 2 aliphatic rings. The van der Waals surface area contributed by atoms with Crippen LogP contribution in [-0.4, -0.2) is 17.0 Å². The molecule has 136 valence electrons. The van der Waals surface area contributed by atoms with Crippen LogP contribution in [0, 0.1) is 23.7 Å². The predicted molar refractivity (Wildman–Crippen MR) is 97.2 cm³/mol. The zero-order valence-electron chi connectivity index (χ0n) is 15.4. The summed E-state index contributed by atoms with van der Waals surface area (Å²) in [6.07, 6.45) is 3.95. The minimum absolute atomic E-state index is 0.0851. The lowest BCUT2D eigenvalue weighted by Crippen LogP contribution is -2.42. The molecule has 0 aromatic heterocycles. The van der Waals surface area contributed by atoms with Crippen LogP contribution in [-0.2, 0) is 9.59 Å². The molecule has 0 unspecified atom stereocenters. The Labute approximate surface area is 150 Å². The third-order valence-corrected chi connectivity index (χ3v) is 6.48. The Hall–Kier alpha value is -1.84. The summed E-state index contributed by atoms with van der Waals surface area (Å²) in [5, 5.41) is 12.6. The maximum Gasteiger partial charge on any atom is 0.307 e. The molecule has 0 radical (unpaired) electrons. The van der Waals surface area contributed by atoms with Crippen molar-refractivity contribution in [3.8, 4) is 0 Å². The van der Waals surface area contributed by atoms with Crippen molar-refractivity contribution in [1.82, 2.24) is 5.32 Å². The second-order valence-electron chi connectivity index (χ2n) is 7.93. The van der Waals surface area contributed by atoms with Crippen LogP contribution in [0.2, 0.25) is 0 Å². The lowest BCUT2D eigenvalue weighted by molar-refractivity contribution is -0.149. The first kappa shape index (κ1) is 18.0. The average Bonchev–Trinajstić information content (AvgIpc) is 3.22. The Bertz CT molecular complexity index is 639. The number of carbonyl (C=O) groups excluding carboxylic acids is 1. The van der Waals surface area contributed by atoms with Gasteiger partial charge >= 0.3 is 5.97 Å². The highest BCUT2D eigenvalue weighted by Gasteiger charge is 2.54. The Morgan fingerprint density at radius 1 is 1.08 bits per heavy atom. The Kier molecular flexibility index (Phi) is 5.16. The highest BCUT2D eigenvalue weighted by molar-refractivity contribution is 5.86. The molecule has 4 heteroatoms. The van der Waals surface area contributed by atoms with Gasteiger partial charge in [0, 0.05) is 0 Å². The number of carboxylic acid groups (broad SMARTS) is 1. The van der Waals surface area contributed by atoms with Crippen LogP contribution in [0.1, 0.15) is 69.5 Å². The van der Waals surface area contributed by atoms with Gasteiger partial charge < -0.3 is 10.4 Å². The van der Waals surface area contributed by atoms with Crippen LogP contribution >= 0.6 is 0 Å². The molecular weight excluding hydrogens is 314 g/mol. The quantitative estimate of drug-likeness (QED) is 0.816. The van der Waals surface area contributed by atoms with Gasteiger partial charge in [0.25, 0.3) is 0 Å². The first-order valence-electron chi connectivity index (χ1n) is 9.55. The van der Waals surface area contributed by atoms with Crippen molar-refractivity contribution >= 4 is 11.9 Å². The van der Waals surface area contributed by atoms with E-state index in [1.807, 2.05) is 6.92 Å². The van der Waals surface area contributed by atoms with E-state index >= 15 is 0 Å². The van der Waals surface area contributed by atoms with Crippen molar-refractivity contribution < 1.29 is 14.7 Å². The maximum absolute atomic E-state index is 12.8. The maximum atomic E-state index is 12.8. The Balaban J connectivity index is 1.67. The fourth-order valence-corrected chi connectivity index (χ4v) is 4.77. The van der Waals surface area contributed by atoms with Gasteiger partial charge in [-0.05, 0) is 61.5 Å². The van der Waals surface area contributed by atoms with E-state index in [1.165, 1.54) is 5.56 Å². The molecular formula is C21H29NO3. The highest BCUT2D eigenvalue weighted by atomic mass is 16.4. The second-order valence-corrected chi connectivity index (χ2v) is 7.93. The molecule has 0 spiro atoms. The standard InChI is InChI=1S/C21H29NO3/c1-4-12(2)14-5-7-15(8-6-14)13(3)22-20(23)18-16-9-10-17(11-16)19(18)21(24)25/h5-8,12-13,16-19H,4,9-11H2,1-3H3,(H,22,23)(H,24,25)/t12-,13-,16-,17-,18+,19+/m0/s1. The molecule has 6 atom stereocenters. The van der Waals surface area contributed by atoms with Crippen molar-refractivity contribution in [3.05, 3.63) is 35.4 Å². The molecule has 1 aromatic rings. The van der Waals surface area contributed by atoms with Crippen molar-refractivity contribution in [3.63, 3.8) is 0 Å². The van der Waals surface area contributed by atoms with E-state index in [1.54, 1.807) is 0 Å². The molecule has 2 aliphatic carbocycles. The minimum Gasteiger partial charge on any atom is -0.481 e. The smallest absolute Gasteiger partial charge is 0.307 e. The Morgan fingerprint density at radius 2 is 1.64 bits per heavy atom. The van der Waals surface area contributed by atoms with E-state index in [-0.39, 0.29) is 29.7 Å². The van der Waals surface area contributed by atoms with Crippen molar-refractivity contribution in [2.24, 2.45) is 23.7 Å². The topological polar surface area (TPSA) is 66.4 Å². The van der Waals surface area contributed by atoms with Crippen LogP contribution in [0.3, 0.4) is 0 Å². The number of fused-ring (bicyclic) bond motifs is 2. The van der Waals surface area contributed by atoms with Gasteiger partial charge in [-0.3, -0.25) is 9.59 Å². The summed E-state index contributed by atoms with van der Waals surface area (Å²) in [5.41, 5.74) is 2.37. The van der Waals surface area contributed by atoms with E-state index in [9.17, 15) is 14.7 Å². The third-order valence-electron chi connectivity index (χ3n) is 6.48. The lowest BCUT2D eigenvalue weighted by atomic mass is 9.78. The highest BCUT2D eigenvalue weighted by Crippen LogP contribution is 2.52. The number of carboxylic acids is 1. The zero-order valence-corrected chi connectivity index (χ0v) is 15.4. The summed E-state index contributed by atoms with van der Waals surface area (Å²) < 4.78 is 0. The minimum atomic E-state index is -0.807. The number of rotatable bonds is 6. The largest absolute Gasteiger partial charge is 0.481 e. The fraction of sp³-hybridized carbons (Fsp3) is 0.619. The normalized spacial score (nSPS) is 30.0. The summed E-state index contributed by atoms with van der Waals surface area (Å²) in [7, 11) is 0. The number of hydrogen-bond donors (Lipinski definition) is 2. The number of benzene rings is 1. The first-order valence-corrected chi connectivity index (χ1v) is 9.55. The summed E-state index contributed by atoms with van der Waals surface area (Å²) >= 11 is 0. The van der Waals surface area contributed by atoms with Gasteiger partial charge in [0.15, 0.2) is 0 Å². The molecule has 0 heterocycles. The van der Waals surface area contributed by atoms with E-state index in [2.05, 4.69) is 43.4 Å². The summed E-state index contributed by atoms with van der Waals surface area (Å²) in [5.74, 6) is -0.799. The predicted octanol–water partition coefficient (Wildman–Crippen LogP) is 4.12. The molecule has 2 N–H and O–H groups in total. The van der Waals surface area contributed by atoms with Gasteiger partial charge in [0.05, 0.1) is 17.9 Å². The van der Waals surface area contributed by atoms with E-state index in [0.717, 1.165) is 31.2 Å². The number of carbonyl (C=O) groups is 2. The first-order chi connectivity index (χ1) is 11.9. The molecule has 1 amide bonds. The monoisotopic (exact) mass is 343 g/mol. The zero-order chi connectivity index (χ0) is 18.1. The lowest BCUT2D eigenvalue weighted by Gasteiger charge is -2.28. The van der Waals surface area contributed by atoms with Crippen LogP contribution in [0.15, 0.2) is 24.3 Å². The van der Waals surface area contributed by atoms with Crippen LogP contribution in [0.25, 0.3) is 0 Å². The summed E-state index contributed by atoms with van der Waals surface area (Å²) in [6.45, 7) is 6.36. The molecule has 0 saturated heterocycles. The van der Waals surface area contributed by atoms with E-state index in [4.69, 9.17) is 0 Å². The van der Waals surface area contributed by atoms with Crippen molar-refractivity contribution in [1.29, 1.82) is 0 Å². The average molecular weight is 343 g/mol. The number of nitrogens with one attached hydrogen (secondary N) is 1. The molecule has 2 bridgehead atoms. The third kappa shape index (κ3) is 3.44. The van der Waals surface area contributed by atoms with E-state index in [0.29, 0.717) is 5.92 Å². The van der Waals surface area contributed by atoms with Crippen LogP contribution in [0.5, 0.6) is 0 Å². The molecule has 0 aliphatic heterocycles. The molecule has 25 heavy (non-hydrogen) atoms.